The Morgan fingerprint density at radius 1 is 1.50 bits per heavy atom. The zero-order chi connectivity index (χ0) is 13.0. The summed E-state index contributed by atoms with van der Waals surface area (Å²) in [6.45, 7) is 1.08. The lowest BCUT2D eigenvalue weighted by Crippen LogP contribution is -2.22. The number of amides is 1. The molecule has 0 aromatic carbocycles. The van der Waals surface area contributed by atoms with Gasteiger partial charge >= 0.3 is 0 Å². The van der Waals surface area contributed by atoms with E-state index < -0.39 is 0 Å². The second-order valence-corrected chi connectivity index (χ2v) is 4.99. The Morgan fingerprint density at radius 3 is 3.00 bits per heavy atom. The van der Waals surface area contributed by atoms with Crippen molar-refractivity contribution in [1.29, 1.82) is 0 Å². The Morgan fingerprint density at radius 2 is 2.33 bits per heavy atom. The van der Waals surface area contributed by atoms with Crippen LogP contribution < -0.4 is 5.32 Å². The zero-order valence-electron chi connectivity index (χ0n) is 11.1. The molecule has 1 aliphatic heterocycles. The lowest BCUT2D eigenvalue weighted by Gasteiger charge is -2.12. The zero-order valence-corrected chi connectivity index (χ0v) is 11.1. The highest BCUT2D eigenvalue weighted by Crippen LogP contribution is 2.21. The number of nitrogens with zero attached hydrogens (tertiary/aromatic N) is 2. The fraction of sp³-hybridized carbons (Fsp3) is 0.571. The molecular formula is C14H21N3O. The summed E-state index contributed by atoms with van der Waals surface area (Å²) in [4.78, 5) is 17.8. The van der Waals surface area contributed by atoms with Crippen LogP contribution in [0, 0.1) is 0 Å². The predicted octanol–water partition coefficient (Wildman–Crippen LogP) is 1.53. The molecule has 18 heavy (non-hydrogen) atoms. The van der Waals surface area contributed by atoms with Crippen molar-refractivity contribution >= 4 is 5.91 Å². The van der Waals surface area contributed by atoms with Gasteiger partial charge in [0.1, 0.15) is 0 Å². The van der Waals surface area contributed by atoms with Crippen LogP contribution in [0.25, 0.3) is 0 Å². The maximum Gasteiger partial charge on any atom is 0.222 e. The van der Waals surface area contributed by atoms with E-state index in [2.05, 4.69) is 16.4 Å². The molecule has 0 unspecified atom stereocenters. The van der Waals surface area contributed by atoms with Gasteiger partial charge in [0, 0.05) is 32.3 Å². The van der Waals surface area contributed by atoms with Crippen molar-refractivity contribution in [1.82, 2.24) is 15.2 Å². The van der Waals surface area contributed by atoms with Gasteiger partial charge in [0.25, 0.3) is 0 Å². The summed E-state index contributed by atoms with van der Waals surface area (Å²) in [5, 5.41) is 3.45. The van der Waals surface area contributed by atoms with Crippen molar-refractivity contribution in [2.45, 2.75) is 31.7 Å². The summed E-state index contributed by atoms with van der Waals surface area (Å²) in [5.41, 5.74) is 2.12. The number of nitrogens with one attached hydrogen (secondary N) is 1. The van der Waals surface area contributed by atoms with Crippen LogP contribution in [-0.4, -0.2) is 36.4 Å². The van der Waals surface area contributed by atoms with Crippen LogP contribution in [0.3, 0.4) is 0 Å². The summed E-state index contributed by atoms with van der Waals surface area (Å²) in [5.74, 6) is 0.154. The van der Waals surface area contributed by atoms with Crippen LogP contribution in [0.4, 0.5) is 0 Å². The molecule has 0 saturated carbocycles. The number of aryl methyl sites for hydroxylation is 1. The minimum Gasteiger partial charge on any atom is -0.349 e. The number of carbonyl (C=O) groups is 1. The van der Waals surface area contributed by atoms with Crippen molar-refractivity contribution in [2.75, 3.05) is 20.6 Å². The van der Waals surface area contributed by atoms with Gasteiger partial charge in [-0.2, -0.15) is 0 Å². The van der Waals surface area contributed by atoms with Gasteiger partial charge in [-0.25, -0.2) is 0 Å². The molecule has 1 aromatic heterocycles. The molecule has 98 valence electrons. The van der Waals surface area contributed by atoms with Gasteiger partial charge in [0.2, 0.25) is 5.91 Å². The summed E-state index contributed by atoms with van der Waals surface area (Å²) in [6, 6.07) is 6.51. The average molecular weight is 247 g/mol. The number of carbonyl (C=O) groups excluding carboxylic acids is 1. The van der Waals surface area contributed by atoms with Crippen LogP contribution in [0.1, 0.15) is 36.7 Å². The number of aromatic nitrogens is 1. The van der Waals surface area contributed by atoms with Gasteiger partial charge in [-0.05, 0) is 37.9 Å². The monoisotopic (exact) mass is 247 g/mol. The topological polar surface area (TPSA) is 45.2 Å². The third-order valence-electron chi connectivity index (χ3n) is 3.34. The van der Waals surface area contributed by atoms with E-state index in [0.717, 1.165) is 30.8 Å². The summed E-state index contributed by atoms with van der Waals surface area (Å²) < 4.78 is 0. The number of hydrogen-bond donors (Lipinski definition) is 1. The predicted molar refractivity (Wildman–Crippen MR) is 71.2 cm³/mol. The molecule has 0 radical (unpaired) electrons. The molecule has 1 fully saturated rings. The lowest BCUT2D eigenvalue weighted by molar-refractivity contribution is -0.128. The number of hydrogen-bond acceptors (Lipinski definition) is 3. The van der Waals surface area contributed by atoms with Crippen LogP contribution in [0.15, 0.2) is 18.2 Å². The lowest BCUT2D eigenvalue weighted by atomic mass is 10.1. The second-order valence-electron chi connectivity index (χ2n) is 4.99. The van der Waals surface area contributed by atoms with Gasteiger partial charge in [-0.3, -0.25) is 9.78 Å². The van der Waals surface area contributed by atoms with Crippen LogP contribution in [0.5, 0.6) is 0 Å². The van der Waals surface area contributed by atoms with Gasteiger partial charge in [-0.15, -0.1) is 0 Å². The molecule has 4 nitrogen and oxygen atoms in total. The molecule has 4 heteroatoms. The minimum absolute atomic E-state index is 0.154. The minimum atomic E-state index is 0.154. The largest absolute Gasteiger partial charge is 0.349 e. The fourth-order valence-electron chi connectivity index (χ4n) is 2.23. The molecule has 1 aromatic rings. The highest BCUT2D eigenvalue weighted by atomic mass is 16.2. The van der Waals surface area contributed by atoms with Crippen molar-refractivity contribution in [3.05, 3.63) is 29.6 Å². The Hall–Kier alpha value is -1.42. The molecule has 2 rings (SSSR count). The van der Waals surface area contributed by atoms with E-state index in [4.69, 9.17) is 0 Å². The second kappa shape index (κ2) is 5.96. The Kier molecular flexibility index (Phi) is 4.31. The third kappa shape index (κ3) is 3.29. The van der Waals surface area contributed by atoms with E-state index >= 15 is 0 Å². The Labute approximate surface area is 108 Å². The van der Waals surface area contributed by atoms with Crippen molar-refractivity contribution in [3.63, 3.8) is 0 Å². The molecule has 1 aliphatic rings. The first-order chi connectivity index (χ1) is 8.66. The first-order valence-electron chi connectivity index (χ1n) is 6.56. The van der Waals surface area contributed by atoms with Crippen molar-refractivity contribution < 1.29 is 4.79 Å². The van der Waals surface area contributed by atoms with Crippen molar-refractivity contribution in [2.24, 2.45) is 0 Å². The smallest absolute Gasteiger partial charge is 0.222 e. The normalized spacial score (nSPS) is 18.9. The van der Waals surface area contributed by atoms with Gasteiger partial charge < -0.3 is 10.2 Å². The molecule has 0 aliphatic carbocycles. The molecule has 1 atom stereocenters. The summed E-state index contributed by atoms with van der Waals surface area (Å²) >= 11 is 0. The summed E-state index contributed by atoms with van der Waals surface area (Å²) in [7, 11) is 3.57. The van der Waals surface area contributed by atoms with Crippen LogP contribution in [0.2, 0.25) is 0 Å². The molecule has 1 N–H and O–H groups in total. The molecule has 0 spiro atoms. The van der Waals surface area contributed by atoms with Crippen LogP contribution >= 0.6 is 0 Å². The molecular weight excluding hydrogens is 226 g/mol. The average Bonchev–Trinajstić information content (AvgIpc) is 2.90. The highest BCUT2D eigenvalue weighted by Gasteiger charge is 2.17. The maximum absolute atomic E-state index is 11.5. The van der Waals surface area contributed by atoms with E-state index in [1.807, 2.05) is 12.1 Å². The molecule has 0 bridgehead atoms. The highest BCUT2D eigenvalue weighted by molar-refractivity contribution is 5.75. The Bertz CT molecular complexity index is 411. The molecule has 1 saturated heterocycles. The summed E-state index contributed by atoms with van der Waals surface area (Å²) in [6.07, 6.45) is 3.63. The van der Waals surface area contributed by atoms with Gasteiger partial charge in [0.15, 0.2) is 0 Å². The third-order valence-corrected chi connectivity index (χ3v) is 3.34. The number of pyridine rings is 1. The first kappa shape index (κ1) is 13.0. The van der Waals surface area contributed by atoms with E-state index in [9.17, 15) is 4.79 Å². The van der Waals surface area contributed by atoms with Crippen LogP contribution in [-0.2, 0) is 11.2 Å². The Balaban J connectivity index is 1.96. The maximum atomic E-state index is 11.5. The van der Waals surface area contributed by atoms with Crippen molar-refractivity contribution in [3.8, 4) is 0 Å². The van der Waals surface area contributed by atoms with E-state index in [0.29, 0.717) is 12.5 Å². The van der Waals surface area contributed by atoms with E-state index in [1.165, 1.54) is 6.42 Å². The van der Waals surface area contributed by atoms with E-state index in [-0.39, 0.29) is 5.91 Å². The number of rotatable bonds is 4. The van der Waals surface area contributed by atoms with Gasteiger partial charge in [-0.1, -0.05) is 6.07 Å². The first-order valence-corrected chi connectivity index (χ1v) is 6.56. The standard InChI is InChI=1S/C14H21N3O/c1-17(2)14(18)9-8-11-5-3-6-13(16-11)12-7-4-10-15-12/h3,5-6,12,15H,4,7-10H2,1-2H3/t12-/m0/s1. The molecule has 2 heterocycles. The SMILES string of the molecule is CN(C)C(=O)CCc1cccc([C@@H]2CCCN2)n1. The molecule has 1 amide bonds. The van der Waals surface area contributed by atoms with Gasteiger partial charge in [0.05, 0.1) is 5.69 Å². The van der Waals surface area contributed by atoms with E-state index in [1.54, 1.807) is 19.0 Å². The fourth-order valence-corrected chi connectivity index (χ4v) is 2.23. The quantitative estimate of drug-likeness (QED) is 0.877.